The highest BCUT2D eigenvalue weighted by Crippen LogP contribution is 2.20. The number of aromatic nitrogens is 2. The monoisotopic (exact) mass is 309 g/mol. The molecule has 0 unspecified atom stereocenters. The summed E-state index contributed by atoms with van der Waals surface area (Å²) in [5.74, 6) is 0.220. The molecule has 0 fully saturated rings. The van der Waals surface area contributed by atoms with Gasteiger partial charge in [0.05, 0.1) is 0 Å². The van der Waals surface area contributed by atoms with Gasteiger partial charge in [-0.3, -0.25) is 0 Å². The van der Waals surface area contributed by atoms with Crippen molar-refractivity contribution in [3.8, 4) is 0 Å². The van der Waals surface area contributed by atoms with Crippen molar-refractivity contribution >= 4 is 46.4 Å². The summed E-state index contributed by atoms with van der Waals surface area (Å²) in [4.78, 5) is 8.12. The van der Waals surface area contributed by atoms with E-state index in [9.17, 15) is 8.42 Å². The van der Waals surface area contributed by atoms with E-state index in [1.807, 2.05) is 19.1 Å². The van der Waals surface area contributed by atoms with E-state index in [4.69, 9.17) is 11.6 Å². The zero-order chi connectivity index (χ0) is 14.9. The van der Waals surface area contributed by atoms with Crippen LogP contribution in [0, 0.1) is 6.92 Å². The minimum absolute atomic E-state index is 0.0220. The van der Waals surface area contributed by atoms with Crippen molar-refractivity contribution < 1.29 is 8.42 Å². The first-order valence-corrected chi connectivity index (χ1v) is 8.10. The summed E-state index contributed by atoms with van der Waals surface area (Å²) >= 11 is 5.97. The second-order valence-electron chi connectivity index (χ2n) is 4.60. The first-order chi connectivity index (χ1) is 9.25. The van der Waals surface area contributed by atoms with E-state index in [2.05, 4.69) is 15.3 Å². The number of hydrogen-bond acceptors (Lipinski definition) is 5. The number of nitrogens with one attached hydrogen (secondary N) is 1. The fourth-order valence-electron chi connectivity index (χ4n) is 1.80. The summed E-state index contributed by atoms with van der Waals surface area (Å²) in [5.41, 5.74) is 2.20. The molecule has 8 heteroatoms. The summed E-state index contributed by atoms with van der Waals surface area (Å²) in [6.45, 7) is 1.91. The van der Waals surface area contributed by atoms with Gasteiger partial charge in [0.15, 0.2) is 14.9 Å². The standard InChI is InChI=1S/C12H13BClN3O2S/c1-7-3-8(14)5-9(4-7)16-12-15-6-10(13)11(17-12)20(2,18)19/h3-6H,13H2,1-2H3,(H,15,16,17). The van der Waals surface area contributed by atoms with Crippen LogP contribution in [0.5, 0.6) is 0 Å². The third-order valence-corrected chi connectivity index (χ3v) is 3.91. The molecule has 20 heavy (non-hydrogen) atoms. The van der Waals surface area contributed by atoms with Crippen LogP contribution in [0.4, 0.5) is 11.6 Å². The maximum atomic E-state index is 11.6. The Bertz CT molecular complexity index is 745. The van der Waals surface area contributed by atoms with Gasteiger partial charge in [-0.1, -0.05) is 11.6 Å². The minimum Gasteiger partial charge on any atom is -0.324 e. The summed E-state index contributed by atoms with van der Waals surface area (Å²) in [6, 6.07) is 5.41. The summed E-state index contributed by atoms with van der Waals surface area (Å²) < 4.78 is 23.3. The molecule has 0 amide bonds. The van der Waals surface area contributed by atoms with Crippen LogP contribution in [0.1, 0.15) is 5.56 Å². The van der Waals surface area contributed by atoms with E-state index in [1.165, 1.54) is 6.20 Å². The van der Waals surface area contributed by atoms with Gasteiger partial charge in [-0.25, -0.2) is 18.4 Å². The quantitative estimate of drug-likeness (QED) is 0.672. The molecule has 0 saturated carbocycles. The lowest BCUT2D eigenvalue weighted by Gasteiger charge is -2.09. The van der Waals surface area contributed by atoms with Gasteiger partial charge in [-0.15, -0.1) is 0 Å². The van der Waals surface area contributed by atoms with E-state index in [0.717, 1.165) is 11.8 Å². The van der Waals surface area contributed by atoms with Crippen molar-refractivity contribution in [3.05, 3.63) is 35.0 Å². The Morgan fingerprint density at radius 2 is 2.00 bits per heavy atom. The van der Waals surface area contributed by atoms with Crippen LogP contribution in [0.3, 0.4) is 0 Å². The van der Waals surface area contributed by atoms with Crippen molar-refractivity contribution in [1.82, 2.24) is 9.97 Å². The number of rotatable bonds is 3. The molecule has 0 aliphatic rings. The molecular formula is C12H13BClN3O2S. The smallest absolute Gasteiger partial charge is 0.228 e. The van der Waals surface area contributed by atoms with E-state index in [-0.39, 0.29) is 11.0 Å². The van der Waals surface area contributed by atoms with Gasteiger partial charge in [0, 0.05) is 23.2 Å². The zero-order valence-corrected chi connectivity index (χ0v) is 12.9. The SMILES string of the molecule is Bc1cnc(Nc2cc(C)cc(Cl)c2)nc1S(C)(=O)=O. The number of anilines is 2. The van der Waals surface area contributed by atoms with Crippen LogP contribution in [0.2, 0.25) is 5.02 Å². The number of halogens is 1. The molecule has 1 heterocycles. The second kappa shape index (κ2) is 5.42. The molecule has 2 aromatic rings. The van der Waals surface area contributed by atoms with Crippen molar-refractivity contribution in [2.45, 2.75) is 11.9 Å². The molecule has 1 aromatic carbocycles. The molecule has 0 radical (unpaired) electrons. The number of aryl methyl sites for hydroxylation is 1. The van der Waals surface area contributed by atoms with Crippen LogP contribution in [-0.2, 0) is 9.84 Å². The Balaban J connectivity index is 2.40. The zero-order valence-electron chi connectivity index (χ0n) is 11.3. The predicted octanol–water partition coefficient (Wildman–Crippen LogP) is 0.844. The van der Waals surface area contributed by atoms with E-state index in [0.29, 0.717) is 16.2 Å². The Kier molecular flexibility index (Phi) is 4.01. The molecule has 2 rings (SSSR count). The van der Waals surface area contributed by atoms with E-state index < -0.39 is 9.84 Å². The Morgan fingerprint density at radius 3 is 2.60 bits per heavy atom. The summed E-state index contributed by atoms with van der Waals surface area (Å²) in [6.07, 6.45) is 2.60. The number of nitrogens with zero attached hydrogens (tertiary/aromatic N) is 2. The van der Waals surface area contributed by atoms with Crippen LogP contribution < -0.4 is 10.8 Å². The number of hydrogen-bond donors (Lipinski definition) is 1. The largest absolute Gasteiger partial charge is 0.324 e. The number of sulfone groups is 1. The third kappa shape index (κ3) is 3.49. The minimum atomic E-state index is -3.38. The molecular weight excluding hydrogens is 296 g/mol. The summed E-state index contributed by atoms with van der Waals surface area (Å²) in [7, 11) is -1.73. The lowest BCUT2D eigenvalue weighted by atomic mass is 10.0. The van der Waals surface area contributed by atoms with Crippen LogP contribution in [0.15, 0.2) is 29.4 Å². The lowest BCUT2D eigenvalue weighted by Crippen LogP contribution is -2.19. The average Bonchev–Trinajstić information content (AvgIpc) is 2.29. The molecule has 1 aromatic heterocycles. The van der Waals surface area contributed by atoms with Crippen molar-refractivity contribution in [3.63, 3.8) is 0 Å². The molecule has 5 nitrogen and oxygen atoms in total. The highest BCUT2D eigenvalue weighted by Gasteiger charge is 2.14. The third-order valence-electron chi connectivity index (χ3n) is 2.57. The Labute approximate surface area is 123 Å². The van der Waals surface area contributed by atoms with E-state index >= 15 is 0 Å². The van der Waals surface area contributed by atoms with Crippen molar-refractivity contribution in [2.75, 3.05) is 11.6 Å². The van der Waals surface area contributed by atoms with Gasteiger partial charge in [0.25, 0.3) is 0 Å². The van der Waals surface area contributed by atoms with Gasteiger partial charge < -0.3 is 5.32 Å². The molecule has 0 atom stereocenters. The first kappa shape index (κ1) is 14.8. The lowest BCUT2D eigenvalue weighted by molar-refractivity contribution is 0.599. The van der Waals surface area contributed by atoms with Gasteiger partial charge in [0.1, 0.15) is 7.85 Å². The Morgan fingerprint density at radius 1 is 1.30 bits per heavy atom. The summed E-state index contributed by atoms with van der Waals surface area (Å²) in [5, 5.41) is 3.56. The fraction of sp³-hybridized carbons (Fsp3) is 0.167. The molecule has 0 bridgehead atoms. The van der Waals surface area contributed by atoms with Crippen LogP contribution in [-0.4, -0.2) is 32.5 Å². The number of benzene rings is 1. The first-order valence-electron chi connectivity index (χ1n) is 5.83. The highest BCUT2D eigenvalue weighted by atomic mass is 35.5. The highest BCUT2D eigenvalue weighted by molar-refractivity contribution is 7.90. The molecule has 0 saturated heterocycles. The second-order valence-corrected chi connectivity index (χ2v) is 6.96. The maximum absolute atomic E-state index is 11.6. The maximum Gasteiger partial charge on any atom is 0.228 e. The molecule has 104 valence electrons. The van der Waals surface area contributed by atoms with Gasteiger partial charge in [-0.2, -0.15) is 0 Å². The molecule has 0 spiro atoms. The topological polar surface area (TPSA) is 72.0 Å². The van der Waals surface area contributed by atoms with Crippen molar-refractivity contribution in [2.24, 2.45) is 0 Å². The van der Waals surface area contributed by atoms with Crippen molar-refractivity contribution in [1.29, 1.82) is 0 Å². The normalized spacial score (nSPS) is 11.3. The molecule has 1 N–H and O–H groups in total. The van der Waals surface area contributed by atoms with E-state index in [1.54, 1.807) is 13.9 Å². The average molecular weight is 310 g/mol. The fourth-order valence-corrected chi connectivity index (χ4v) is 2.98. The van der Waals surface area contributed by atoms with Gasteiger partial charge >= 0.3 is 0 Å². The molecule has 0 aliphatic heterocycles. The van der Waals surface area contributed by atoms with Gasteiger partial charge in [0.2, 0.25) is 5.95 Å². The van der Waals surface area contributed by atoms with Crippen LogP contribution >= 0.6 is 11.6 Å². The Hall–Kier alpha value is -1.60. The van der Waals surface area contributed by atoms with Crippen LogP contribution in [0.25, 0.3) is 0 Å². The predicted molar refractivity (Wildman–Crippen MR) is 82.8 cm³/mol. The van der Waals surface area contributed by atoms with Gasteiger partial charge in [-0.05, 0) is 36.1 Å². The molecule has 0 aliphatic carbocycles.